The molecule has 0 aliphatic carbocycles. The lowest BCUT2D eigenvalue weighted by molar-refractivity contribution is -0.143. The molecule has 2 fully saturated rings. The third-order valence-corrected chi connectivity index (χ3v) is 18.7. The quantitative estimate of drug-likeness (QED) is 0.0849. The van der Waals surface area contributed by atoms with Gasteiger partial charge in [0, 0.05) is 84.8 Å². The second-order valence-electron chi connectivity index (χ2n) is 23.5. The summed E-state index contributed by atoms with van der Waals surface area (Å²) in [5.41, 5.74) is 15.9. The Morgan fingerprint density at radius 2 is 1.33 bits per heavy atom. The molecule has 0 saturated carbocycles. The molecule has 3 aliphatic rings. The summed E-state index contributed by atoms with van der Waals surface area (Å²) < 4.78 is 14.8. The highest BCUT2D eigenvalue weighted by Crippen LogP contribution is 2.27. The zero-order valence-electron chi connectivity index (χ0n) is 51.2. The number of fused-ring (bicyclic) bond motifs is 5. The fourth-order valence-corrected chi connectivity index (χ4v) is 13.5. The Morgan fingerprint density at radius 3 is 1.96 bits per heavy atom. The van der Waals surface area contributed by atoms with Gasteiger partial charge < -0.3 is 63.3 Å². The van der Waals surface area contributed by atoms with Crippen molar-refractivity contribution in [3.8, 4) is 11.8 Å². The lowest BCUT2D eigenvalue weighted by atomic mass is 9.92. The summed E-state index contributed by atoms with van der Waals surface area (Å²) in [6.45, 7) is 1.42. The van der Waals surface area contributed by atoms with Crippen LogP contribution in [0.15, 0.2) is 97.2 Å². The lowest BCUT2D eigenvalue weighted by Gasteiger charge is -2.31. The number of ketones is 1. The van der Waals surface area contributed by atoms with E-state index >= 15 is 4.79 Å². The summed E-state index contributed by atoms with van der Waals surface area (Å²) in [6.07, 6.45) is 3.28. The van der Waals surface area contributed by atoms with Crippen molar-refractivity contribution in [1.82, 2.24) is 46.7 Å². The van der Waals surface area contributed by atoms with Crippen LogP contribution in [0.2, 0.25) is 0 Å². The van der Waals surface area contributed by atoms with E-state index in [2.05, 4.69) is 43.0 Å². The van der Waals surface area contributed by atoms with E-state index in [0.29, 0.717) is 82.6 Å². The minimum atomic E-state index is -1.38. The number of rotatable bonds is 11. The number of hydrogen-bond donors (Lipinski definition) is 10. The molecule has 26 heteroatoms. The number of nitrogens with one attached hydrogen (secondary N) is 7. The van der Waals surface area contributed by atoms with Gasteiger partial charge in [-0.05, 0) is 135 Å². The van der Waals surface area contributed by atoms with Crippen molar-refractivity contribution in [2.24, 2.45) is 17.4 Å². The highest BCUT2D eigenvalue weighted by Gasteiger charge is 2.42. The van der Waals surface area contributed by atoms with E-state index in [9.17, 15) is 57.9 Å². The third kappa shape index (κ3) is 19.4. The van der Waals surface area contributed by atoms with E-state index in [1.165, 1.54) is 70.6 Å². The van der Waals surface area contributed by atoms with Crippen molar-refractivity contribution in [2.45, 2.75) is 138 Å². The second kappa shape index (κ2) is 33.5. The van der Waals surface area contributed by atoms with Gasteiger partial charge in [0.05, 0.1) is 18.2 Å². The molecule has 0 radical (unpaired) electrons. The number of unbranched alkanes of at least 4 members (excludes halogenated alkanes) is 1. The molecule has 3 aliphatic heterocycles. The van der Waals surface area contributed by atoms with Gasteiger partial charge in [-0.2, -0.15) is 28.8 Å². The minimum absolute atomic E-state index is 0.0394. The Morgan fingerprint density at radius 1 is 0.707 bits per heavy atom. The number of benzene rings is 4. The summed E-state index contributed by atoms with van der Waals surface area (Å²) in [7, 11) is 0. The van der Waals surface area contributed by atoms with Gasteiger partial charge in [-0.25, -0.2) is 4.39 Å². The predicted molar refractivity (Wildman–Crippen MR) is 345 cm³/mol. The standard InChI is InChI=1S/C66H79FN12O11S2/c1-39-60(84)75-53(29-41-16-19-48(80)20-17-41)65(89)79-25-6-11-57(79)64(88)77-55(59(70)83)38-92-37-44-8-4-7-43(27-44)36-91-26-22-58(82)74-52(9-2-3-23-68)62(86)72-35-49(81)31-45(30-46-34-71-51-21-18-47(67)32-50(46)51)61(85)76-54(28-40-12-14-42(33-69)15-13-40)66(90)78-24-5-10-56(78)63(87)73-39/h4,7-8,12-21,27,32,34,39,45,52-57,71,80H,2-3,5-6,9-11,22-26,28-31,35-38,68H2,1H3,(H2,70,83)(H,72,86)(H,73,87)(H,74,82)(H,75,84)(H,76,85)(H,77,88)/t39-,45+,52-,53-,54-,55-,56-,57-/m0/s1. The molecule has 5 aromatic rings. The summed E-state index contributed by atoms with van der Waals surface area (Å²) in [4.78, 5) is 148. The van der Waals surface area contributed by atoms with Crippen LogP contribution in [0.4, 0.5) is 4.39 Å². The van der Waals surface area contributed by atoms with Crippen molar-refractivity contribution in [3.05, 3.63) is 136 Å². The van der Waals surface area contributed by atoms with E-state index in [1.807, 2.05) is 24.3 Å². The largest absolute Gasteiger partial charge is 0.508 e. The number of Topliss-reactive ketones (excluding diaryl/α,β-unsaturated/α-hetero) is 1. The van der Waals surface area contributed by atoms with Crippen LogP contribution in [0.25, 0.3) is 10.9 Å². The molecule has 4 aromatic carbocycles. The van der Waals surface area contributed by atoms with Gasteiger partial charge >= 0.3 is 0 Å². The van der Waals surface area contributed by atoms with Crippen LogP contribution in [0.3, 0.4) is 0 Å². The highest BCUT2D eigenvalue weighted by molar-refractivity contribution is 7.98. The van der Waals surface area contributed by atoms with Crippen molar-refractivity contribution in [1.29, 1.82) is 5.26 Å². The number of carbonyl (C=O) groups is 10. The Kier molecular flexibility index (Phi) is 25.2. The van der Waals surface area contributed by atoms with E-state index in [0.717, 1.165) is 11.1 Å². The van der Waals surface area contributed by atoms with E-state index in [4.69, 9.17) is 11.5 Å². The third-order valence-electron chi connectivity index (χ3n) is 16.6. The van der Waals surface area contributed by atoms with Gasteiger partial charge in [0.25, 0.3) is 0 Å². The molecular formula is C66H79FN12O11S2. The molecule has 9 amide bonds. The number of thioether (sulfide) groups is 2. The van der Waals surface area contributed by atoms with E-state index < -0.39 is 126 Å². The van der Waals surface area contributed by atoms with E-state index in [-0.39, 0.29) is 69.5 Å². The fourth-order valence-electron chi connectivity index (χ4n) is 11.6. The fraction of sp³-hybridized carbons (Fsp3) is 0.439. The zero-order valence-corrected chi connectivity index (χ0v) is 52.9. The van der Waals surface area contributed by atoms with Gasteiger partial charge in [-0.1, -0.05) is 48.5 Å². The summed E-state index contributed by atoms with van der Waals surface area (Å²) in [5, 5.41) is 36.7. The Balaban J connectivity index is 1.08. The number of aromatic amines is 1. The molecule has 23 nitrogen and oxygen atoms in total. The Hall–Kier alpha value is -8.80. The van der Waals surface area contributed by atoms with Crippen LogP contribution >= 0.6 is 23.5 Å². The molecule has 4 heterocycles. The van der Waals surface area contributed by atoms with Crippen LogP contribution in [0, 0.1) is 23.1 Å². The summed E-state index contributed by atoms with van der Waals surface area (Å²) in [6, 6.07) is 17.9. The predicted octanol–water partition coefficient (Wildman–Crippen LogP) is 3.21. The van der Waals surface area contributed by atoms with Gasteiger partial charge in [-0.15, -0.1) is 0 Å². The van der Waals surface area contributed by atoms with Gasteiger partial charge in [-0.3, -0.25) is 47.9 Å². The number of primary amides is 1. The number of H-pyrrole nitrogens is 1. The molecule has 0 spiro atoms. The van der Waals surface area contributed by atoms with E-state index in [1.54, 1.807) is 42.6 Å². The molecule has 8 rings (SSSR count). The summed E-state index contributed by atoms with van der Waals surface area (Å²) >= 11 is 2.87. The number of nitrogens with zero attached hydrogens (tertiary/aromatic N) is 3. The molecule has 2 bridgehead atoms. The SMILES string of the molecule is C[C@@H]1NC(=O)[C@@H]2CCCN2C(=O)[C@H](Cc2ccc(C#N)cc2)NC(=O)[C@H](Cc2c[nH]c3ccc(F)cc23)CC(=O)CNC(=O)[C@H](CCCCN)NC(=O)CCSCc2cccc(c2)CSC[C@@H](C(N)=O)NC(=O)[C@@H]2CCCN2C(=O)[C@H](Cc2ccc(O)cc2)NC1=O. The topological polar surface area (TPSA) is 361 Å². The molecule has 1 aromatic heterocycles. The van der Waals surface area contributed by atoms with Crippen LogP contribution in [0.1, 0.15) is 98.1 Å². The maximum Gasteiger partial charge on any atom is 0.246 e. The Bertz CT molecular complexity index is 3530. The maximum atomic E-state index is 15.1. The molecule has 12 N–H and O–H groups in total. The summed E-state index contributed by atoms with van der Waals surface area (Å²) in [5.74, 6) is -6.82. The van der Waals surface area contributed by atoms with Crippen LogP contribution in [-0.4, -0.2) is 159 Å². The number of nitriles is 1. The first kappa shape index (κ1) is 69.1. The average Bonchev–Trinajstić information content (AvgIpc) is 1.86. The normalized spacial score (nSPS) is 23.6. The molecule has 8 atom stereocenters. The first-order valence-corrected chi connectivity index (χ1v) is 33.2. The van der Waals surface area contributed by atoms with Crippen molar-refractivity contribution < 1.29 is 57.4 Å². The highest BCUT2D eigenvalue weighted by atomic mass is 32.2. The molecule has 92 heavy (non-hydrogen) atoms. The average molecular weight is 1300 g/mol. The maximum absolute atomic E-state index is 15.1. The number of phenolic OH excluding ortho intramolecular Hbond substituents is 1. The number of hydrogen-bond acceptors (Lipinski definition) is 15. The molecular weight excluding hydrogens is 1220 g/mol. The number of carbonyl (C=O) groups excluding carboxylic acids is 10. The number of aromatic hydroxyl groups is 1. The smallest absolute Gasteiger partial charge is 0.246 e. The van der Waals surface area contributed by atoms with Crippen molar-refractivity contribution >= 4 is 93.4 Å². The first-order chi connectivity index (χ1) is 44.3. The number of amides is 9. The van der Waals surface area contributed by atoms with Crippen molar-refractivity contribution in [2.75, 3.05) is 37.7 Å². The minimum Gasteiger partial charge on any atom is -0.508 e. The van der Waals surface area contributed by atoms with Gasteiger partial charge in [0.1, 0.15) is 53.9 Å². The Labute approximate surface area is 541 Å². The van der Waals surface area contributed by atoms with Crippen LogP contribution < -0.4 is 43.4 Å². The van der Waals surface area contributed by atoms with Gasteiger partial charge in [0.2, 0.25) is 53.2 Å². The lowest BCUT2D eigenvalue weighted by Crippen LogP contribution is -2.59. The molecule has 488 valence electrons. The van der Waals surface area contributed by atoms with Crippen molar-refractivity contribution in [3.63, 3.8) is 0 Å². The number of aromatic nitrogens is 1. The number of nitrogens with two attached hydrogens (primary N) is 2. The molecule has 2 saturated heterocycles. The first-order valence-electron chi connectivity index (χ1n) is 30.9. The number of phenols is 1. The number of halogens is 1. The zero-order chi connectivity index (χ0) is 65.8. The second-order valence-corrected chi connectivity index (χ2v) is 25.6. The van der Waals surface area contributed by atoms with Crippen LogP contribution in [-0.2, 0) is 78.7 Å². The molecule has 0 unspecified atom stereocenters. The monoisotopic (exact) mass is 1300 g/mol. The van der Waals surface area contributed by atoms with Gasteiger partial charge in [0.15, 0.2) is 5.78 Å². The van der Waals surface area contributed by atoms with Crippen LogP contribution in [0.5, 0.6) is 5.75 Å².